The number of hydrogen-bond acceptors (Lipinski definition) is 10. The molecule has 3 N–H and O–H groups in total. The molecule has 17 heteroatoms. The van der Waals surface area contributed by atoms with Crippen LogP contribution in [0, 0.1) is 5.82 Å². The highest BCUT2D eigenvalue weighted by Gasteiger charge is 2.47. The minimum atomic E-state index is -1.08. The Bertz CT molecular complexity index is 2520. The van der Waals surface area contributed by atoms with Crippen molar-refractivity contribution in [3.05, 3.63) is 105 Å². The Morgan fingerprint density at radius 3 is 2.23 bits per heavy atom. The van der Waals surface area contributed by atoms with E-state index in [1.165, 1.54) is 25.2 Å². The van der Waals surface area contributed by atoms with Crippen molar-refractivity contribution in [1.82, 2.24) is 35.1 Å². The van der Waals surface area contributed by atoms with E-state index in [9.17, 15) is 42.7 Å². The average molecular weight is 877 g/mol. The van der Waals surface area contributed by atoms with Gasteiger partial charge in [-0.15, -0.1) is 0 Å². The maximum Gasteiger partial charge on any atom is 0.272 e. The Labute approximate surface area is 369 Å². The monoisotopic (exact) mass is 876 g/mol. The van der Waals surface area contributed by atoms with E-state index in [0.717, 1.165) is 61.2 Å². The van der Waals surface area contributed by atoms with Crippen molar-refractivity contribution < 1.29 is 38.0 Å². The first kappa shape index (κ1) is 45.4. The summed E-state index contributed by atoms with van der Waals surface area (Å²) in [7, 11) is 1.33. The summed E-state index contributed by atoms with van der Waals surface area (Å²) in [6.45, 7) is 2.07. The van der Waals surface area contributed by atoms with Gasteiger partial charge in [-0.1, -0.05) is 68.9 Å². The second-order valence-electron chi connectivity index (χ2n) is 16.6. The molecule has 4 heterocycles. The number of fused-ring (bicyclic) bond motifs is 2. The van der Waals surface area contributed by atoms with E-state index < -0.39 is 35.5 Å². The first-order valence-electron chi connectivity index (χ1n) is 22.1. The van der Waals surface area contributed by atoms with Gasteiger partial charge < -0.3 is 20.4 Å². The zero-order chi connectivity index (χ0) is 45.3. The molecule has 2 saturated heterocycles. The number of aromatic nitrogens is 2. The Morgan fingerprint density at radius 1 is 0.797 bits per heavy atom. The second kappa shape index (κ2) is 20.7. The van der Waals surface area contributed by atoms with Crippen molar-refractivity contribution >= 4 is 57.8 Å². The van der Waals surface area contributed by atoms with Gasteiger partial charge >= 0.3 is 0 Å². The first-order chi connectivity index (χ1) is 30.9. The van der Waals surface area contributed by atoms with Gasteiger partial charge in [-0.25, -0.2) is 9.49 Å². The molecule has 7 rings (SSSR count). The summed E-state index contributed by atoms with van der Waals surface area (Å²) in [5, 5.41) is 13.8. The van der Waals surface area contributed by atoms with E-state index in [2.05, 4.69) is 20.8 Å². The molecule has 0 saturated carbocycles. The van der Waals surface area contributed by atoms with Gasteiger partial charge in [0, 0.05) is 57.9 Å². The number of hydrogen-bond donors (Lipinski definition) is 3. The van der Waals surface area contributed by atoms with Crippen molar-refractivity contribution in [2.45, 2.75) is 83.1 Å². The summed E-state index contributed by atoms with van der Waals surface area (Å²) in [6, 6.07) is 15.1. The molecule has 1 atom stereocenters. The summed E-state index contributed by atoms with van der Waals surface area (Å²) < 4.78 is 14.9. The number of benzene rings is 3. The lowest BCUT2D eigenvalue weighted by atomic mass is 10.0. The fourth-order valence-electron chi connectivity index (χ4n) is 8.64. The summed E-state index contributed by atoms with van der Waals surface area (Å²) in [5.41, 5.74) is 1.32. The number of piperazine rings is 1. The van der Waals surface area contributed by atoms with E-state index in [0.29, 0.717) is 67.6 Å². The van der Waals surface area contributed by atoms with Crippen LogP contribution in [0.5, 0.6) is 0 Å². The van der Waals surface area contributed by atoms with Gasteiger partial charge in [-0.2, -0.15) is 5.10 Å². The van der Waals surface area contributed by atoms with Gasteiger partial charge in [0.1, 0.15) is 11.9 Å². The standard InChI is InChI=1S/C47H53FN8O8/c1-53-40(58)21-20-38(46(53)63)56-45(62)33-15-12-16-36(42(33)47(56)64)50-39(57)29-49-22-11-7-5-3-2-4-6-8-17-41(59)54-23-25-55(26-24-54)44(61)34-27-30(18-19-35(34)48)28-37-31-13-9-10-14-32(31)43(60)52-51-37/h9-10,12-16,18-19,27,38,49H,2-8,11,17,20-26,28-29H2,1H3,(H,50,57)(H,52,60). The fourth-order valence-corrected chi connectivity index (χ4v) is 8.64. The predicted octanol–water partition coefficient (Wildman–Crippen LogP) is 4.42. The molecule has 0 spiro atoms. The summed E-state index contributed by atoms with van der Waals surface area (Å²) >= 11 is 0. The van der Waals surface area contributed by atoms with Gasteiger partial charge in [0.25, 0.3) is 29.2 Å². The lowest BCUT2D eigenvalue weighted by Crippen LogP contribution is -2.54. The second-order valence-corrected chi connectivity index (χ2v) is 16.6. The maximum absolute atomic E-state index is 14.9. The van der Waals surface area contributed by atoms with Crippen LogP contribution in [0.25, 0.3) is 10.8 Å². The normalized spacial score (nSPS) is 16.5. The smallest absolute Gasteiger partial charge is 0.272 e. The van der Waals surface area contributed by atoms with Gasteiger partial charge in [0.15, 0.2) is 0 Å². The lowest BCUT2D eigenvalue weighted by molar-refractivity contribution is -0.149. The number of piperidine rings is 1. The van der Waals surface area contributed by atoms with E-state index in [4.69, 9.17) is 0 Å². The minimum absolute atomic E-state index is 0.0164. The number of carbonyl (C=O) groups is 7. The number of aromatic amines is 1. The van der Waals surface area contributed by atoms with Crippen LogP contribution in [0.15, 0.2) is 65.5 Å². The maximum atomic E-state index is 14.9. The van der Waals surface area contributed by atoms with E-state index in [-0.39, 0.29) is 65.0 Å². The third-order valence-corrected chi connectivity index (χ3v) is 12.3. The quantitative estimate of drug-likeness (QED) is 0.0949. The largest absolute Gasteiger partial charge is 0.339 e. The molecule has 16 nitrogen and oxygen atoms in total. The third-order valence-electron chi connectivity index (χ3n) is 12.3. The number of imide groups is 2. The zero-order valence-corrected chi connectivity index (χ0v) is 36.0. The Hall–Kier alpha value is -6.62. The SMILES string of the molecule is CN1C(=O)CCC(N2C(=O)c3cccc(NC(=O)CNCCCCCCCCCCC(=O)N4CCN(C(=O)c5cc(Cc6n[nH]c(=O)c7ccccc67)ccc5F)CC4)c3C2=O)C1=O. The molecule has 336 valence electrons. The number of likely N-dealkylation sites (N-methyl/N-ethyl adjacent to an activating group) is 1. The van der Waals surface area contributed by atoms with Gasteiger partial charge in [0.05, 0.1) is 40.0 Å². The molecule has 4 aromatic rings. The highest BCUT2D eigenvalue weighted by molar-refractivity contribution is 6.26. The number of halogens is 1. The van der Waals surface area contributed by atoms with Crippen molar-refractivity contribution in [2.75, 3.05) is 51.6 Å². The Kier molecular flexibility index (Phi) is 14.7. The number of likely N-dealkylation sites (tertiary alicyclic amines) is 1. The van der Waals surface area contributed by atoms with Crippen LogP contribution in [0.3, 0.4) is 0 Å². The van der Waals surface area contributed by atoms with Gasteiger partial charge in [0.2, 0.25) is 17.7 Å². The predicted molar refractivity (Wildman–Crippen MR) is 235 cm³/mol. The van der Waals surface area contributed by atoms with Crippen LogP contribution in [0.1, 0.15) is 113 Å². The van der Waals surface area contributed by atoms with Crippen LogP contribution in [-0.4, -0.2) is 124 Å². The number of anilines is 1. The number of nitrogens with one attached hydrogen (secondary N) is 3. The van der Waals surface area contributed by atoms with Crippen molar-refractivity contribution in [3.8, 4) is 0 Å². The molecule has 3 aliphatic heterocycles. The average Bonchev–Trinajstić information content (AvgIpc) is 3.56. The molecule has 3 aliphatic rings. The molecular weight excluding hydrogens is 824 g/mol. The summed E-state index contributed by atoms with van der Waals surface area (Å²) in [5.74, 6) is -3.62. The molecule has 3 aromatic carbocycles. The van der Waals surface area contributed by atoms with E-state index in [1.54, 1.807) is 40.1 Å². The van der Waals surface area contributed by atoms with Crippen LogP contribution in [-0.2, 0) is 25.6 Å². The highest BCUT2D eigenvalue weighted by atomic mass is 19.1. The minimum Gasteiger partial charge on any atom is -0.339 e. The van der Waals surface area contributed by atoms with Crippen molar-refractivity contribution in [1.29, 1.82) is 0 Å². The van der Waals surface area contributed by atoms with Crippen LogP contribution in [0.2, 0.25) is 0 Å². The molecule has 0 aliphatic carbocycles. The highest BCUT2D eigenvalue weighted by Crippen LogP contribution is 2.33. The first-order valence-corrected chi connectivity index (χ1v) is 22.1. The third kappa shape index (κ3) is 10.3. The molecular formula is C47H53FN8O8. The molecule has 0 radical (unpaired) electrons. The zero-order valence-electron chi connectivity index (χ0n) is 36.0. The van der Waals surface area contributed by atoms with Crippen LogP contribution >= 0.6 is 0 Å². The Balaban J connectivity index is 0.730. The fraction of sp³-hybridized carbons (Fsp3) is 0.426. The number of nitrogens with zero attached hydrogens (tertiary/aromatic N) is 5. The number of carbonyl (C=O) groups excluding carboxylic acids is 7. The van der Waals surface area contributed by atoms with Crippen molar-refractivity contribution in [3.63, 3.8) is 0 Å². The van der Waals surface area contributed by atoms with Crippen LogP contribution in [0.4, 0.5) is 10.1 Å². The lowest BCUT2D eigenvalue weighted by Gasteiger charge is -2.35. The van der Waals surface area contributed by atoms with Crippen molar-refractivity contribution in [2.24, 2.45) is 0 Å². The van der Waals surface area contributed by atoms with E-state index >= 15 is 0 Å². The molecule has 1 aromatic heterocycles. The number of H-pyrrole nitrogens is 1. The number of rotatable bonds is 18. The molecule has 1 unspecified atom stereocenters. The molecule has 64 heavy (non-hydrogen) atoms. The number of unbranched alkanes of at least 4 members (excludes halogenated alkanes) is 7. The van der Waals surface area contributed by atoms with Gasteiger partial charge in [-0.3, -0.25) is 48.2 Å². The molecule has 2 fully saturated rings. The Morgan fingerprint density at radius 2 is 1.48 bits per heavy atom. The van der Waals surface area contributed by atoms with E-state index in [1.807, 2.05) is 12.1 Å². The summed E-state index contributed by atoms with van der Waals surface area (Å²) in [4.78, 5) is 108. The molecule has 7 amide bonds. The van der Waals surface area contributed by atoms with Gasteiger partial charge in [-0.05, 0) is 61.7 Å². The summed E-state index contributed by atoms with van der Waals surface area (Å²) in [6.07, 6.45) is 8.64. The van der Waals surface area contributed by atoms with Crippen LogP contribution < -0.4 is 16.2 Å². The number of amides is 7. The topological polar surface area (TPSA) is 202 Å². The molecule has 0 bridgehead atoms.